The lowest BCUT2D eigenvalue weighted by atomic mass is 9.83. The molecule has 0 spiro atoms. The second kappa shape index (κ2) is 8.72. The monoisotopic (exact) mass is 268 g/mol. The number of rotatable bonds is 9. The van der Waals surface area contributed by atoms with Crippen LogP contribution in [0.15, 0.2) is 12.7 Å². The Bertz CT molecular complexity index is 251. The van der Waals surface area contributed by atoms with Crippen molar-refractivity contribution < 1.29 is 4.74 Å². The number of nitrogens with zero attached hydrogens (tertiary/aromatic N) is 1. The number of unbranched alkanes of at least 4 members (excludes halogenated alkanes) is 1. The fraction of sp³-hybridized carbons (Fsp3) is 0.875. The van der Waals surface area contributed by atoms with Crippen molar-refractivity contribution in [2.24, 2.45) is 0 Å². The molecule has 1 aliphatic rings. The molecule has 0 bridgehead atoms. The Morgan fingerprint density at radius 1 is 1.37 bits per heavy atom. The number of hydrogen-bond acceptors (Lipinski definition) is 3. The zero-order valence-corrected chi connectivity index (χ0v) is 13.1. The second-order valence-electron chi connectivity index (χ2n) is 5.64. The molecule has 1 saturated heterocycles. The first-order valence-electron chi connectivity index (χ1n) is 7.86. The first-order chi connectivity index (χ1) is 9.19. The van der Waals surface area contributed by atoms with Crippen LogP contribution in [-0.4, -0.2) is 49.3 Å². The summed E-state index contributed by atoms with van der Waals surface area (Å²) in [6, 6.07) is 0.556. The fourth-order valence-corrected chi connectivity index (χ4v) is 3.11. The summed E-state index contributed by atoms with van der Waals surface area (Å²) in [4.78, 5) is 2.62. The third-order valence-electron chi connectivity index (χ3n) is 4.55. The summed E-state index contributed by atoms with van der Waals surface area (Å²) in [6.07, 6.45) is 6.77. The normalized spacial score (nSPS) is 21.8. The number of likely N-dealkylation sites (N-methyl/N-ethyl adjacent to an activating group) is 1. The number of allylic oxidation sites excluding steroid dienone is 1. The molecular weight excluding hydrogens is 236 g/mol. The van der Waals surface area contributed by atoms with Crippen LogP contribution in [0.2, 0.25) is 0 Å². The summed E-state index contributed by atoms with van der Waals surface area (Å²) in [5, 5.41) is 3.71. The average molecular weight is 268 g/mol. The van der Waals surface area contributed by atoms with Crippen molar-refractivity contribution in [3.05, 3.63) is 12.7 Å². The molecule has 1 fully saturated rings. The molecular formula is C16H32N2O. The maximum absolute atomic E-state index is 5.50. The van der Waals surface area contributed by atoms with Crippen molar-refractivity contribution in [1.29, 1.82) is 0 Å². The summed E-state index contributed by atoms with van der Waals surface area (Å²) in [5.41, 5.74) is 0.237. The molecule has 3 nitrogen and oxygen atoms in total. The molecule has 1 N–H and O–H groups in total. The summed E-state index contributed by atoms with van der Waals surface area (Å²) in [6.45, 7) is 15.7. The minimum absolute atomic E-state index is 0.237. The van der Waals surface area contributed by atoms with Crippen molar-refractivity contribution in [2.75, 3.05) is 32.8 Å². The van der Waals surface area contributed by atoms with E-state index >= 15 is 0 Å². The van der Waals surface area contributed by atoms with Gasteiger partial charge in [-0.1, -0.05) is 19.9 Å². The smallest absolute Gasteiger partial charge is 0.0594 e. The van der Waals surface area contributed by atoms with Gasteiger partial charge in [-0.25, -0.2) is 0 Å². The van der Waals surface area contributed by atoms with Crippen molar-refractivity contribution >= 4 is 0 Å². The number of nitrogens with one attached hydrogen (secondary N) is 1. The van der Waals surface area contributed by atoms with Gasteiger partial charge < -0.3 is 10.1 Å². The molecule has 112 valence electrons. The highest BCUT2D eigenvalue weighted by atomic mass is 16.5. The van der Waals surface area contributed by atoms with Gasteiger partial charge in [-0.2, -0.15) is 0 Å². The van der Waals surface area contributed by atoms with Gasteiger partial charge in [0, 0.05) is 24.7 Å². The van der Waals surface area contributed by atoms with E-state index in [2.05, 4.69) is 37.6 Å². The molecule has 2 unspecified atom stereocenters. The zero-order valence-electron chi connectivity index (χ0n) is 13.1. The Kier molecular flexibility index (Phi) is 7.66. The van der Waals surface area contributed by atoms with Crippen LogP contribution in [-0.2, 0) is 4.74 Å². The maximum atomic E-state index is 5.50. The Hall–Kier alpha value is -0.380. The molecule has 0 saturated carbocycles. The van der Waals surface area contributed by atoms with Gasteiger partial charge in [0.2, 0.25) is 0 Å². The van der Waals surface area contributed by atoms with E-state index in [4.69, 9.17) is 4.74 Å². The Morgan fingerprint density at radius 3 is 2.58 bits per heavy atom. The van der Waals surface area contributed by atoms with E-state index in [9.17, 15) is 0 Å². The first-order valence-corrected chi connectivity index (χ1v) is 7.86. The SMILES string of the molecule is C=CCCCC(NCC)C(C)(CC)N1CCOCC1. The Labute approximate surface area is 119 Å². The summed E-state index contributed by atoms with van der Waals surface area (Å²) < 4.78 is 5.50. The molecule has 0 aromatic rings. The molecule has 1 heterocycles. The molecule has 0 aromatic carbocycles. The van der Waals surface area contributed by atoms with Crippen LogP contribution >= 0.6 is 0 Å². The van der Waals surface area contributed by atoms with Crippen LogP contribution in [0.5, 0.6) is 0 Å². The molecule has 0 aromatic heterocycles. The van der Waals surface area contributed by atoms with Gasteiger partial charge in [0.15, 0.2) is 0 Å². The highest BCUT2D eigenvalue weighted by Gasteiger charge is 2.37. The quantitative estimate of drug-likeness (QED) is 0.514. The predicted molar refractivity (Wildman–Crippen MR) is 82.6 cm³/mol. The van der Waals surface area contributed by atoms with Crippen molar-refractivity contribution in [2.45, 2.75) is 58.0 Å². The number of ether oxygens (including phenoxy) is 1. The van der Waals surface area contributed by atoms with Crippen LogP contribution in [0.1, 0.15) is 46.5 Å². The van der Waals surface area contributed by atoms with E-state index in [1.165, 1.54) is 19.3 Å². The Balaban J connectivity index is 2.70. The zero-order chi connectivity index (χ0) is 14.1. The van der Waals surface area contributed by atoms with Gasteiger partial charge in [-0.15, -0.1) is 6.58 Å². The third kappa shape index (κ3) is 4.59. The number of hydrogen-bond donors (Lipinski definition) is 1. The average Bonchev–Trinajstić information content (AvgIpc) is 2.46. The molecule has 0 radical (unpaired) electrons. The van der Waals surface area contributed by atoms with E-state index in [1.54, 1.807) is 0 Å². The van der Waals surface area contributed by atoms with E-state index in [0.29, 0.717) is 6.04 Å². The first kappa shape index (κ1) is 16.7. The van der Waals surface area contributed by atoms with Gasteiger partial charge in [-0.05, 0) is 39.2 Å². The lowest BCUT2D eigenvalue weighted by Gasteiger charge is -2.48. The van der Waals surface area contributed by atoms with Crippen molar-refractivity contribution in [1.82, 2.24) is 10.2 Å². The number of morpholine rings is 1. The fourth-order valence-electron chi connectivity index (χ4n) is 3.11. The van der Waals surface area contributed by atoms with Crippen LogP contribution < -0.4 is 5.32 Å². The Morgan fingerprint density at radius 2 is 2.05 bits per heavy atom. The molecule has 19 heavy (non-hydrogen) atoms. The van der Waals surface area contributed by atoms with E-state index < -0.39 is 0 Å². The third-order valence-corrected chi connectivity index (χ3v) is 4.55. The van der Waals surface area contributed by atoms with Gasteiger partial charge in [0.25, 0.3) is 0 Å². The minimum atomic E-state index is 0.237. The topological polar surface area (TPSA) is 24.5 Å². The maximum Gasteiger partial charge on any atom is 0.0594 e. The highest BCUT2D eigenvalue weighted by molar-refractivity contribution is 4.97. The van der Waals surface area contributed by atoms with Gasteiger partial charge in [0.1, 0.15) is 0 Å². The molecule has 3 heteroatoms. The minimum Gasteiger partial charge on any atom is -0.379 e. The van der Waals surface area contributed by atoms with E-state index in [1.807, 2.05) is 6.08 Å². The highest BCUT2D eigenvalue weighted by Crippen LogP contribution is 2.27. The largest absolute Gasteiger partial charge is 0.379 e. The van der Waals surface area contributed by atoms with E-state index in [-0.39, 0.29) is 5.54 Å². The predicted octanol–water partition coefficient (Wildman–Crippen LogP) is 2.82. The lowest BCUT2D eigenvalue weighted by Crippen LogP contribution is -2.61. The van der Waals surface area contributed by atoms with Gasteiger partial charge in [0.05, 0.1) is 13.2 Å². The lowest BCUT2D eigenvalue weighted by molar-refractivity contribution is -0.0334. The van der Waals surface area contributed by atoms with Gasteiger partial charge >= 0.3 is 0 Å². The molecule has 2 atom stereocenters. The molecule has 0 amide bonds. The molecule has 1 aliphatic heterocycles. The standard InChI is InChI=1S/C16H32N2O/c1-5-8-9-10-15(17-7-3)16(4,6-2)18-11-13-19-14-12-18/h5,15,17H,1,6-14H2,2-4H3. The van der Waals surface area contributed by atoms with Gasteiger partial charge in [-0.3, -0.25) is 4.90 Å². The van der Waals surface area contributed by atoms with E-state index in [0.717, 1.165) is 39.3 Å². The van der Waals surface area contributed by atoms with Crippen LogP contribution in [0.3, 0.4) is 0 Å². The summed E-state index contributed by atoms with van der Waals surface area (Å²) >= 11 is 0. The van der Waals surface area contributed by atoms with Crippen molar-refractivity contribution in [3.63, 3.8) is 0 Å². The van der Waals surface area contributed by atoms with Crippen LogP contribution in [0.25, 0.3) is 0 Å². The van der Waals surface area contributed by atoms with Crippen LogP contribution in [0.4, 0.5) is 0 Å². The van der Waals surface area contributed by atoms with Crippen molar-refractivity contribution in [3.8, 4) is 0 Å². The summed E-state index contributed by atoms with van der Waals surface area (Å²) in [5.74, 6) is 0. The molecule has 1 rings (SSSR count). The molecule has 0 aliphatic carbocycles. The second-order valence-corrected chi connectivity index (χ2v) is 5.64. The summed E-state index contributed by atoms with van der Waals surface area (Å²) in [7, 11) is 0. The van der Waals surface area contributed by atoms with Crippen LogP contribution in [0, 0.1) is 0 Å².